The van der Waals surface area contributed by atoms with Gasteiger partial charge in [-0.25, -0.2) is 0 Å². The summed E-state index contributed by atoms with van der Waals surface area (Å²) in [5, 5.41) is 0. The summed E-state index contributed by atoms with van der Waals surface area (Å²) in [6.45, 7) is 0.842. The summed E-state index contributed by atoms with van der Waals surface area (Å²) in [4.78, 5) is 0. The van der Waals surface area contributed by atoms with Crippen LogP contribution < -0.4 is 5.73 Å². The molecule has 0 amide bonds. The summed E-state index contributed by atoms with van der Waals surface area (Å²) in [6.07, 6.45) is 6.50. The molecule has 1 saturated carbocycles. The van der Waals surface area contributed by atoms with Gasteiger partial charge in [-0.3, -0.25) is 0 Å². The van der Waals surface area contributed by atoms with E-state index in [0.29, 0.717) is 0 Å². The predicted octanol–water partition coefficient (Wildman–Crippen LogP) is 2.74. The van der Waals surface area contributed by atoms with E-state index in [1.165, 1.54) is 24.0 Å². The second-order valence-corrected chi connectivity index (χ2v) is 5.17. The zero-order valence-electron chi connectivity index (χ0n) is 10.1. The number of hydrogen-bond donors (Lipinski definition) is 1. The lowest BCUT2D eigenvalue weighted by atomic mass is 9.83. The Kier molecular flexibility index (Phi) is 2.67. The van der Waals surface area contributed by atoms with Crippen LogP contribution in [0.4, 0.5) is 0 Å². The van der Waals surface area contributed by atoms with E-state index in [4.69, 9.17) is 10.5 Å². The molecular weight excluding hydrogens is 210 g/mol. The van der Waals surface area contributed by atoms with Crippen LogP contribution in [0, 0.1) is 0 Å². The lowest BCUT2D eigenvalue weighted by Gasteiger charge is -2.28. The highest BCUT2D eigenvalue weighted by Gasteiger charge is 2.50. The molecule has 1 atom stereocenters. The third kappa shape index (κ3) is 1.87. The van der Waals surface area contributed by atoms with E-state index in [0.717, 1.165) is 19.4 Å². The van der Waals surface area contributed by atoms with Crippen LogP contribution >= 0.6 is 0 Å². The first-order valence-electron chi connectivity index (χ1n) is 6.45. The van der Waals surface area contributed by atoms with Crippen molar-refractivity contribution in [1.82, 2.24) is 0 Å². The van der Waals surface area contributed by atoms with Crippen molar-refractivity contribution in [2.45, 2.75) is 37.1 Å². The fourth-order valence-electron chi connectivity index (χ4n) is 2.85. The molecular formula is C15H19NO. The van der Waals surface area contributed by atoms with Crippen LogP contribution in [-0.4, -0.2) is 12.6 Å². The molecule has 1 aliphatic heterocycles. The molecule has 1 heterocycles. The van der Waals surface area contributed by atoms with Gasteiger partial charge in [-0.2, -0.15) is 0 Å². The summed E-state index contributed by atoms with van der Waals surface area (Å²) < 4.78 is 5.42. The van der Waals surface area contributed by atoms with Crippen LogP contribution in [0.25, 0.3) is 0 Å². The second-order valence-electron chi connectivity index (χ2n) is 5.17. The molecule has 2 nitrogen and oxygen atoms in total. The van der Waals surface area contributed by atoms with Crippen molar-refractivity contribution in [2.75, 3.05) is 6.61 Å². The summed E-state index contributed by atoms with van der Waals surface area (Å²) in [5.41, 5.74) is 9.34. The van der Waals surface area contributed by atoms with E-state index in [1.54, 1.807) is 0 Å². The van der Waals surface area contributed by atoms with Gasteiger partial charge in [0.15, 0.2) is 0 Å². The van der Waals surface area contributed by atoms with Gasteiger partial charge in [0, 0.05) is 11.5 Å². The van der Waals surface area contributed by atoms with E-state index >= 15 is 0 Å². The van der Waals surface area contributed by atoms with Crippen molar-refractivity contribution in [3.63, 3.8) is 0 Å². The van der Waals surface area contributed by atoms with Crippen molar-refractivity contribution in [2.24, 2.45) is 5.73 Å². The van der Waals surface area contributed by atoms with Gasteiger partial charge in [0.25, 0.3) is 0 Å². The Hall–Kier alpha value is -1.28. The Morgan fingerprint density at radius 3 is 2.53 bits per heavy atom. The van der Waals surface area contributed by atoms with Crippen LogP contribution in [0.3, 0.4) is 0 Å². The zero-order chi connectivity index (χ0) is 11.7. The third-order valence-corrected chi connectivity index (χ3v) is 4.09. The van der Waals surface area contributed by atoms with Gasteiger partial charge in [-0.05, 0) is 36.8 Å². The highest BCUT2D eigenvalue weighted by atomic mass is 16.5. The van der Waals surface area contributed by atoms with Crippen LogP contribution in [-0.2, 0) is 10.2 Å². The highest BCUT2D eigenvalue weighted by Crippen LogP contribution is 2.52. The molecule has 1 fully saturated rings. The Labute approximate surface area is 102 Å². The molecule has 3 rings (SSSR count). The highest BCUT2D eigenvalue weighted by molar-refractivity contribution is 5.38. The molecule has 1 aromatic rings. The van der Waals surface area contributed by atoms with Crippen LogP contribution in [0.5, 0.6) is 0 Å². The van der Waals surface area contributed by atoms with Gasteiger partial charge < -0.3 is 10.5 Å². The maximum absolute atomic E-state index is 6.47. The first-order valence-corrected chi connectivity index (χ1v) is 6.45. The maximum Gasteiger partial charge on any atom is 0.0876 e. The van der Waals surface area contributed by atoms with Crippen LogP contribution in [0.1, 0.15) is 31.2 Å². The lowest BCUT2D eigenvalue weighted by molar-refractivity contribution is 0.219. The van der Waals surface area contributed by atoms with Gasteiger partial charge in [-0.1, -0.05) is 30.3 Å². The average Bonchev–Trinajstić information content (AvgIpc) is 3.21. The molecule has 2 aliphatic rings. The quantitative estimate of drug-likeness (QED) is 0.865. The molecule has 2 N–H and O–H groups in total. The Morgan fingerprint density at radius 1 is 1.18 bits per heavy atom. The number of benzene rings is 1. The third-order valence-electron chi connectivity index (χ3n) is 4.09. The summed E-state index contributed by atoms with van der Waals surface area (Å²) in [5.74, 6) is 0. The normalized spacial score (nSPS) is 23.5. The standard InChI is InChI=1S/C15H19NO/c16-14(12-5-4-10-17-11-12)15(8-9-15)13-6-2-1-3-7-13/h1-3,6-7,11,14H,4-5,8-10,16H2. The molecule has 90 valence electrons. The number of hydrogen-bond acceptors (Lipinski definition) is 2. The van der Waals surface area contributed by atoms with Gasteiger partial charge in [-0.15, -0.1) is 0 Å². The molecule has 1 aliphatic carbocycles. The molecule has 0 radical (unpaired) electrons. The number of rotatable bonds is 3. The average molecular weight is 229 g/mol. The topological polar surface area (TPSA) is 35.2 Å². The van der Waals surface area contributed by atoms with Crippen molar-refractivity contribution in [3.05, 3.63) is 47.7 Å². The fourth-order valence-corrected chi connectivity index (χ4v) is 2.85. The summed E-state index contributed by atoms with van der Waals surface area (Å²) in [6, 6.07) is 10.8. The van der Waals surface area contributed by atoms with Crippen molar-refractivity contribution >= 4 is 0 Å². The van der Waals surface area contributed by atoms with Gasteiger partial charge >= 0.3 is 0 Å². The molecule has 0 bridgehead atoms. The monoisotopic (exact) mass is 229 g/mol. The van der Waals surface area contributed by atoms with E-state index in [2.05, 4.69) is 30.3 Å². The molecule has 0 saturated heterocycles. The fraction of sp³-hybridized carbons (Fsp3) is 0.467. The minimum Gasteiger partial charge on any atom is -0.501 e. The molecule has 0 spiro atoms. The smallest absolute Gasteiger partial charge is 0.0876 e. The maximum atomic E-state index is 6.47. The van der Waals surface area contributed by atoms with Crippen molar-refractivity contribution in [3.8, 4) is 0 Å². The zero-order valence-corrected chi connectivity index (χ0v) is 10.1. The van der Waals surface area contributed by atoms with Crippen LogP contribution in [0.2, 0.25) is 0 Å². The van der Waals surface area contributed by atoms with Gasteiger partial charge in [0.1, 0.15) is 0 Å². The largest absolute Gasteiger partial charge is 0.501 e. The van der Waals surface area contributed by atoms with Crippen molar-refractivity contribution < 1.29 is 4.74 Å². The SMILES string of the molecule is NC(C1=COCCC1)C1(c2ccccc2)CC1. The summed E-state index contributed by atoms with van der Waals surface area (Å²) >= 11 is 0. The van der Waals surface area contributed by atoms with E-state index in [1.807, 2.05) is 6.26 Å². The van der Waals surface area contributed by atoms with E-state index in [9.17, 15) is 0 Å². The first kappa shape index (κ1) is 10.8. The van der Waals surface area contributed by atoms with Crippen LogP contribution in [0.15, 0.2) is 42.2 Å². The van der Waals surface area contributed by atoms with E-state index < -0.39 is 0 Å². The minimum absolute atomic E-state index is 0.130. The molecule has 17 heavy (non-hydrogen) atoms. The van der Waals surface area contributed by atoms with E-state index in [-0.39, 0.29) is 11.5 Å². The molecule has 1 unspecified atom stereocenters. The molecule has 0 aromatic heterocycles. The Balaban J connectivity index is 1.86. The number of ether oxygens (including phenoxy) is 1. The predicted molar refractivity (Wildman–Crippen MR) is 68.6 cm³/mol. The second kappa shape index (κ2) is 4.19. The first-order chi connectivity index (χ1) is 8.33. The Bertz CT molecular complexity index is 420. The summed E-state index contributed by atoms with van der Waals surface area (Å²) in [7, 11) is 0. The van der Waals surface area contributed by atoms with Gasteiger partial charge in [0.05, 0.1) is 12.9 Å². The Morgan fingerprint density at radius 2 is 1.94 bits per heavy atom. The minimum atomic E-state index is 0.130. The molecule has 1 aromatic carbocycles. The van der Waals surface area contributed by atoms with Crippen molar-refractivity contribution in [1.29, 1.82) is 0 Å². The number of nitrogens with two attached hydrogens (primary N) is 1. The molecule has 2 heteroatoms. The lowest BCUT2D eigenvalue weighted by Crippen LogP contribution is -2.37. The van der Waals surface area contributed by atoms with Gasteiger partial charge in [0.2, 0.25) is 0 Å².